The Hall–Kier alpha value is -5.44. The van der Waals surface area contributed by atoms with Gasteiger partial charge in [0.2, 0.25) is 5.78 Å². The lowest BCUT2D eigenvalue weighted by Gasteiger charge is -2.38. The molecule has 0 saturated carbocycles. The number of imidazole rings is 1. The van der Waals surface area contributed by atoms with Crippen LogP contribution in [0.5, 0.6) is 17.2 Å². The average Bonchev–Trinajstić information content (AvgIpc) is 3.55. The molecule has 0 radical (unpaired) electrons. The Labute approximate surface area is 331 Å². The van der Waals surface area contributed by atoms with E-state index in [-0.39, 0.29) is 55.7 Å². The fourth-order valence-electron chi connectivity index (χ4n) is 7.74. The highest BCUT2D eigenvalue weighted by atomic mass is 16.5. The zero-order valence-corrected chi connectivity index (χ0v) is 34.0. The number of carbonyl (C=O) groups is 3. The smallest absolute Gasteiger partial charge is 0.302 e. The van der Waals surface area contributed by atoms with Gasteiger partial charge in [0.05, 0.1) is 42.6 Å². The van der Waals surface area contributed by atoms with E-state index in [0.29, 0.717) is 5.65 Å². The van der Waals surface area contributed by atoms with Gasteiger partial charge in [-0.05, 0) is 44.5 Å². The molecule has 1 aliphatic rings. The van der Waals surface area contributed by atoms with Crippen LogP contribution in [0.1, 0.15) is 63.0 Å². The number of aliphatic hydroxyl groups is 2. The van der Waals surface area contributed by atoms with E-state index >= 15 is 0 Å². The Bertz CT molecular complexity index is 2290. The number of esters is 1. The number of nitrogens with zero attached hydrogens (tertiary/aromatic N) is 2. The predicted molar refractivity (Wildman–Crippen MR) is 216 cm³/mol. The second kappa shape index (κ2) is 17.4. The summed E-state index contributed by atoms with van der Waals surface area (Å²) < 4.78 is 24.6. The van der Waals surface area contributed by atoms with Gasteiger partial charge in [-0.15, -0.1) is 0 Å². The Balaban J connectivity index is 1.75. The van der Waals surface area contributed by atoms with Gasteiger partial charge in [0.1, 0.15) is 40.0 Å². The van der Waals surface area contributed by atoms with Crippen molar-refractivity contribution in [1.82, 2.24) is 9.38 Å². The maximum absolute atomic E-state index is 14.3. The second-order valence-corrected chi connectivity index (χ2v) is 15.0. The molecule has 5 rings (SSSR count). The van der Waals surface area contributed by atoms with Gasteiger partial charge in [0.15, 0.2) is 12.4 Å². The number of benzene rings is 2. The van der Waals surface area contributed by atoms with Crippen molar-refractivity contribution >= 4 is 50.8 Å². The number of rotatable bonds is 3. The van der Waals surface area contributed by atoms with Crippen LogP contribution in [0, 0.1) is 37.5 Å². The minimum absolute atomic E-state index is 0.00926. The van der Waals surface area contributed by atoms with Gasteiger partial charge < -0.3 is 44.7 Å². The lowest BCUT2D eigenvalue weighted by molar-refractivity contribution is -0.160. The van der Waals surface area contributed by atoms with Crippen molar-refractivity contribution in [1.29, 1.82) is 0 Å². The number of aliphatic hydroxyl groups excluding tert-OH is 2. The van der Waals surface area contributed by atoms with Crippen molar-refractivity contribution < 1.29 is 53.8 Å². The number of aromatic nitrogens is 2. The highest BCUT2D eigenvalue weighted by molar-refractivity contribution is 6.26. The van der Waals surface area contributed by atoms with Gasteiger partial charge in [-0.1, -0.05) is 45.9 Å². The van der Waals surface area contributed by atoms with Crippen LogP contribution in [0.4, 0.5) is 5.69 Å². The number of amides is 1. The number of phenols is 2. The second-order valence-electron chi connectivity index (χ2n) is 15.0. The molecule has 2 aromatic carbocycles. The third kappa shape index (κ3) is 8.20. The van der Waals surface area contributed by atoms with Crippen LogP contribution in [-0.4, -0.2) is 92.7 Å². The Kier molecular flexibility index (Phi) is 13.0. The van der Waals surface area contributed by atoms with Crippen LogP contribution in [0.2, 0.25) is 0 Å². The molecule has 2 bridgehead atoms. The molecule has 8 atom stereocenters. The first kappa shape index (κ1) is 42.7. The third-order valence-electron chi connectivity index (χ3n) is 11.1. The Morgan fingerprint density at radius 2 is 1.67 bits per heavy atom. The topological polar surface area (TPSA) is 198 Å². The molecule has 0 spiro atoms. The number of phenolic OH excluding ortho intramolecular Hbond substituents is 2. The maximum Gasteiger partial charge on any atom is 0.302 e. The Morgan fingerprint density at radius 3 is 2.32 bits per heavy atom. The number of nitrogens with one attached hydrogen (secondary N) is 1. The number of methoxy groups -OCH3 is 2. The highest BCUT2D eigenvalue weighted by Crippen LogP contribution is 2.50. The first-order chi connectivity index (χ1) is 26.9. The predicted octanol–water partition coefficient (Wildman–Crippen LogP) is 6.06. The molecular weight excluding hydrogens is 734 g/mol. The summed E-state index contributed by atoms with van der Waals surface area (Å²) in [4.78, 5) is 45.2. The lowest BCUT2D eigenvalue weighted by atomic mass is 9.78. The number of carbonyl (C=O) groups excluding carboxylic acids is 3. The summed E-state index contributed by atoms with van der Waals surface area (Å²) in [5.41, 5.74) is 2.13. The molecule has 306 valence electrons. The minimum Gasteiger partial charge on any atom is -0.507 e. The number of ether oxygens (including phenoxy) is 4. The number of anilines is 1. The van der Waals surface area contributed by atoms with E-state index in [1.165, 1.54) is 34.3 Å². The average molecular weight is 788 g/mol. The number of pyridine rings is 1. The first-order valence-electron chi connectivity index (χ1n) is 18.9. The monoisotopic (exact) mass is 787 g/mol. The molecule has 0 aliphatic carbocycles. The lowest BCUT2D eigenvalue weighted by Crippen LogP contribution is -2.46. The normalized spacial score (nSPS) is 27.8. The first-order valence-corrected chi connectivity index (χ1v) is 18.9. The number of Topliss-reactive ketones (excluding diaryl/α,β-unsaturated/α-hetero) is 1. The molecule has 2 aromatic heterocycles. The quantitative estimate of drug-likeness (QED) is 0.119. The van der Waals surface area contributed by atoms with Gasteiger partial charge in [-0.3, -0.25) is 18.8 Å². The molecule has 5 N–H and O–H groups in total. The number of aromatic hydroxyl groups is 2. The van der Waals surface area contributed by atoms with E-state index in [0.717, 1.165) is 5.56 Å². The fraction of sp³-hybridized carbons (Fsp3) is 0.442. The van der Waals surface area contributed by atoms with Crippen molar-refractivity contribution in [2.45, 2.75) is 79.8 Å². The van der Waals surface area contributed by atoms with Crippen LogP contribution in [-0.2, 0) is 23.8 Å². The van der Waals surface area contributed by atoms with E-state index < -0.39 is 78.1 Å². The van der Waals surface area contributed by atoms with Crippen molar-refractivity contribution in [3.8, 4) is 17.2 Å². The van der Waals surface area contributed by atoms with E-state index in [1.54, 1.807) is 75.6 Å². The number of allylic oxidation sites excluding steroid dienone is 2. The van der Waals surface area contributed by atoms with Gasteiger partial charge in [0, 0.05) is 60.4 Å². The summed E-state index contributed by atoms with van der Waals surface area (Å²) in [6.07, 6.45) is 5.77. The zero-order valence-electron chi connectivity index (χ0n) is 34.0. The van der Waals surface area contributed by atoms with Crippen molar-refractivity contribution in [2.24, 2.45) is 23.7 Å². The molecule has 0 fully saturated rings. The number of fused-ring (bicyclic) bond motifs is 1. The summed E-state index contributed by atoms with van der Waals surface area (Å²) in [6, 6.07) is 3.63. The van der Waals surface area contributed by atoms with Crippen LogP contribution >= 0.6 is 0 Å². The van der Waals surface area contributed by atoms with Crippen molar-refractivity contribution in [2.75, 3.05) is 26.1 Å². The summed E-state index contributed by atoms with van der Waals surface area (Å²) >= 11 is 0. The summed E-state index contributed by atoms with van der Waals surface area (Å²) in [5, 5.41) is 49.2. The van der Waals surface area contributed by atoms with Crippen LogP contribution in [0.15, 0.2) is 54.5 Å². The van der Waals surface area contributed by atoms with E-state index in [1.807, 2.05) is 13.0 Å². The standard InChI is InChI=1S/C43H53N3O11/c1-20-14-16-46-30(18-20)44-34-32-31-28(48)19-56-17-15-29(54-9)23(4)41(57-27(8)47)25(6)38(50)24(5)37(49)21(2)12-11-13-22(3)43(53)45-35(36(34)46)40(52)33(32)39(51)26(7)42(31)55-10/h11-18,21,23-25,29,37-38,41,49-52H,19H2,1-10H3,(H,45,53)/b12-11+,17-15+,22-13-/t21-,23+,24+,25+,29-,37-,38+,41+/m0/s1. The third-order valence-corrected chi connectivity index (χ3v) is 11.1. The molecule has 14 heteroatoms. The number of aryl methyl sites for hydroxylation is 1. The summed E-state index contributed by atoms with van der Waals surface area (Å²) in [7, 11) is 2.83. The van der Waals surface area contributed by atoms with Gasteiger partial charge in [-0.2, -0.15) is 0 Å². The van der Waals surface area contributed by atoms with E-state index in [2.05, 4.69) is 5.32 Å². The number of ketones is 1. The number of hydrogen-bond acceptors (Lipinski definition) is 12. The molecule has 0 unspecified atom stereocenters. The largest absolute Gasteiger partial charge is 0.507 e. The summed E-state index contributed by atoms with van der Waals surface area (Å²) in [5.74, 6) is -4.87. The SMILES string of the molecule is COc1c(C)c(O)c2c(O)c3c4c(nc5cc(C)ccn54)c2c1C(=O)CO/C=C/[C@H](OC)[C@@H](C)[C@@H](OC(C)=O)[C@H](C)[C@H](O)[C@H](C)[C@@H](O)[C@@H](C)/C=C/C=C(/C)C(=O)N3. The van der Waals surface area contributed by atoms with Crippen LogP contribution < -0.4 is 10.1 Å². The molecule has 57 heavy (non-hydrogen) atoms. The maximum atomic E-state index is 14.3. The highest BCUT2D eigenvalue weighted by Gasteiger charge is 2.39. The van der Waals surface area contributed by atoms with Gasteiger partial charge >= 0.3 is 5.97 Å². The number of hydrogen-bond donors (Lipinski definition) is 5. The molecule has 4 aromatic rings. The molecular formula is C43H53N3O11. The van der Waals surface area contributed by atoms with E-state index in [4.69, 9.17) is 23.9 Å². The van der Waals surface area contributed by atoms with Crippen molar-refractivity contribution in [3.05, 3.63) is 71.2 Å². The van der Waals surface area contributed by atoms with E-state index in [9.17, 15) is 34.8 Å². The zero-order chi connectivity index (χ0) is 42.0. The van der Waals surface area contributed by atoms with Crippen LogP contribution in [0.3, 0.4) is 0 Å². The van der Waals surface area contributed by atoms with Gasteiger partial charge in [-0.25, -0.2) is 4.98 Å². The van der Waals surface area contributed by atoms with Crippen LogP contribution in [0.25, 0.3) is 27.5 Å². The molecule has 0 saturated heterocycles. The molecule has 1 amide bonds. The van der Waals surface area contributed by atoms with Gasteiger partial charge in [0.25, 0.3) is 5.91 Å². The minimum atomic E-state index is -1.11. The summed E-state index contributed by atoms with van der Waals surface area (Å²) in [6.45, 7) is 12.8. The Morgan fingerprint density at radius 1 is 0.965 bits per heavy atom. The molecule has 1 aliphatic heterocycles. The fourth-order valence-corrected chi connectivity index (χ4v) is 7.74. The molecule has 3 heterocycles. The van der Waals surface area contributed by atoms with Crippen molar-refractivity contribution in [3.63, 3.8) is 0 Å². The molecule has 14 nitrogen and oxygen atoms in total.